The fourth-order valence-corrected chi connectivity index (χ4v) is 1.42. The number of esters is 1. The standard InChI is InChI=1S/C9H12O4/c1-4-7(10)3-6(9(11)13-4)8-5(2)12-8/h3-5,7-8,10H,1-2H3/t4-,5+,7+,8-/m0/s1. The minimum absolute atomic E-state index is 0.0689. The van der Waals surface area contributed by atoms with E-state index in [-0.39, 0.29) is 18.2 Å². The van der Waals surface area contributed by atoms with E-state index in [1.807, 2.05) is 6.92 Å². The van der Waals surface area contributed by atoms with Gasteiger partial charge in [0, 0.05) is 0 Å². The van der Waals surface area contributed by atoms with Gasteiger partial charge in [-0.2, -0.15) is 0 Å². The van der Waals surface area contributed by atoms with Gasteiger partial charge in [0.2, 0.25) is 0 Å². The maximum Gasteiger partial charge on any atom is 0.336 e. The monoisotopic (exact) mass is 184 g/mol. The molecule has 0 aliphatic carbocycles. The van der Waals surface area contributed by atoms with Gasteiger partial charge in [0.15, 0.2) is 0 Å². The van der Waals surface area contributed by atoms with E-state index in [4.69, 9.17) is 9.47 Å². The van der Waals surface area contributed by atoms with Crippen LogP contribution in [0.1, 0.15) is 13.8 Å². The van der Waals surface area contributed by atoms with E-state index < -0.39 is 12.2 Å². The Morgan fingerprint density at radius 2 is 2.00 bits per heavy atom. The minimum atomic E-state index is -0.705. The summed E-state index contributed by atoms with van der Waals surface area (Å²) >= 11 is 0. The molecule has 0 spiro atoms. The van der Waals surface area contributed by atoms with Gasteiger partial charge in [0.05, 0.1) is 11.7 Å². The highest BCUT2D eigenvalue weighted by Crippen LogP contribution is 2.32. The summed E-state index contributed by atoms with van der Waals surface area (Å²) in [6.45, 7) is 3.54. The summed E-state index contributed by atoms with van der Waals surface area (Å²) in [4.78, 5) is 11.3. The van der Waals surface area contributed by atoms with Crippen LogP contribution >= 0.6 is 0 Å². The molecule has 1 saturated heterocycles. The molecule has 4 heteroatoms. The van der Waals surface area contributed by atoms with Crippen molar-refractivity contribution in [3.8, 4) is 0 Å². The molecule has 0 amide bonds. The molecule has 4 nitrogen and oxygen atoms in total. The lowest BCUT2D eigenvalue weighted by Gasteiger charge is -2.22. The summed E-state index contributed by atoms with van der Waals surface area (Å²) in [5, 5.41) is 9.42. The third kappa shape index (κ3) is 1.47. The van der Waals surface area contributed by atoms with Crippen molar-refractivity contribution in [2.75, 3.05) is 0 Å². The van der Waals surface area contributed by atoms with Crippen LogP contribution in [-0.4, -0.2) is 35.5 Å². The SMILES string of the molecule is C[C@@H]1OC(=O)C([C@H]2O[C@@H]2C)=C[C@H]1O. The first kappa shape index (κ1) is 8.72. The van der Waals surface area contributed by atoms with Crippen LogP contribution in [0.2, 0.25) is 0 Å². The predicted octanol–water partition coefficient (Wildman–Crippen LogP) is 0.00630. The number of carbonyl (C=O) groups is 1. The van der Waals surface area contributed by atoms with Crippen LogP contribution in [-0.2, 0) is 14.3 Å². The van der Waals surface area contributed by atoms with Crippen molar-refractivity contribution in [1.29, 1.82) is 0 Å². The minimum Gasteiger partial charge on any atom is -0.456 e. The van der Waals surface area contributed by atoms with Gasteiger partial charge in [-0.15, -0.1) is 0 Å². The molecule has 0 aromatic heterocycles. The number of aliphatic hydroxyl groups excluding tert-OH is 1. The Hall–Kier alpha value is -0.870. The van der Waals surface area contributed by atoms with E-state index in [2.05, 4.69) is 0 Å². The zero-order chi connectivity index (χ0) is 9.59. The number of hydrogen-bond acceptors (Lipinski definition) is 4. The molecule has 0 aromatic carbocycles. The average molecular weight is 184 g/mol. The van der Waals surface area contributed by atoms with Crippen molar-refractivity contribution in [2.45, 2.75) is 38.3 Å². The second-order valence-corrected chi connectivity index (χ2v) is 3.48. The Balaban J connectivity index is 2.17. The van der Waals surface area contributed by atoms with Gasteiger partial charge in [-0.25, -0.2) is 4.79 Å². The number of epoxide rings is 1. The number of aliphatic hydroxyl groups is 1. The molecule has 1 N–H and O–H groups in total. The number of carbonyl (C=O) groups excluding carboxylic acids is 1. The van der Waals surface area contributed by atoms with E-state index in [0.717, 1.165) is 0 Å². The Morgan fingerprint density at radius 3 is 2.54 bits per heavy atom. The molecular formula is C9H12O4. The van der Waals surface area contributed by atoms with Crippen molar-refractivity contribution >= 4 is 5.97 Å². The van der Waals surface area contributed by atoms with Gasteiger partial charge in [-0.3, -0.25) is 0 Å². The molecule has 0 aromatic rings. The summed E-state index contributed by atoms with van der Waals surface area (Å²) in [6.07, 6.45) is 0.272. The lowest BCUT2D eigenvalue weighted by molar-refractivity contribution is -0.150. The fraction of sp³-hybridized carbons (Fsp3) is 0.667. The van der Waals surface area contributed by atoms with Crippen LogP contribution in [0.25, 0.3) is 0 Å². The second-order valence-electron chi connectivity index (χ2n) is 3.48. The number of ether oxygens (including phenoxy) is 2. The Labute approximate surface area is 76.1 Å². The van der Waals surface area contributed by atoms with Crippen LogP contribution in [0.4, 0.5) is 0 Å². The molecule has 4 atom stereocenters. The van der Waals surface area contributed by atoms with Crippen LogP contribution in [0.5, 0.6) is 0 Å². The molecule has 72 valence electrons. The molecule has 13 heavy (non-hydrogen) atoms. The van der Waals surface area contributed by atoms with E-state index in [1.165, 1.54) is 6.08 Å². The third-order valence-electron chi connectivity index (χ3n) is 2.38. The van der Waals surface area contributed by atoms with Crippen molar-refractivity contribution in [1.82, 2.24) is 0 Å². The van der Waals surface area contributed by atoms with E-state index >= 15 is 0 Å². The molecule has 0 radical (unpaired) electrons. The van der Waals surface area contributed by atoms with E-state index in [1.54, 1.807) is 6.92 Å². The van der Waals surface area contributed by atoms with Gasteiger partial charge in [-0.05, 0) is 19.9 Å². The lowest BCUT2D eigenvalue weighted by Crippen LogP contribution is -2.34. The zero-order valence-electron chi connectivity index (χ0n) is 7.56. The highest BCUT2D eigenvalue weighted by molar-refractivity contribution is 5.91. The second kappa shape index (κ2) is 2.82. The number of rotatable bonds is 1. The zero-order valence-corrected chi connectivity index (χ0v) is 7.56. The molecular weight excluding hydrogens is 172 g/mol. The molecule has 2 heterocycles. The van der Waals surface area contributed by atoms with Crippen molar-refractivity contribution in [2.24, 2.45) is 0 Å². The normalized spacial score (nSPS) is 43.9. The van der Waals surface area contributed by atoms with Gasteiger partial charge >= 0.3 is 5.97 Å². The first-order chi connectivity index (χ1) is 6.09. The molecule has 2 aliphatic heterocycles. The van der Waals surface area contributed by atoms with Gasteiger partial charge < -0.3 is 14.6 Å². The first-order valence-electron chi connectivity index (χ1n) is 4.36. The molecule has 1 fully saturated rings. The summed E-state index contributed by atoms with van der Waals surface area (Å²) in [6, 6.07) is 0. The van der Waals surface area contributed by atoms with Gasteiger partial charge in [0.25, 0.3) is 0 Å². The largest absolute Gasteiger partial charge is 0.456 e. The van der Waals surface area contributed by atoms with Gasteiger partial charge in [-0.1, -0.05) is 0 Å². The van der Waals surface area contributed by atoms with E-state index in [9.17, 15) is 9.90 Å². The molecule has 2 aliphatic rings. The Morgan fingerprint density at radius 1 is 1.38 bits per heavy atom. The van der Waals surface area contributed by atoms with Crippen LogP contribution < -0.4 is 0 Å². The Bertz CT molecular complexity index is 271. The molecule has 0 saturated carbocycles. The summed E-state index contributed by atoms with van der Waals surface area (Å²) in [5.74, 6) is -0.368. The van der Waals surface area contributed by atoms with Crippen molar-refractivity contribution in [3.63, 3.8) is 0 Å². The maximum absolute atomic E-state index is 11.3. The van der Waals surface area contributed by atoms with Gasteiger partial charge in [0.1, 0.15) is 18.3 Å². The van der Waals surface area contributed by atoms with Crippen LogP contribution in [0, 0.1) is 0 Å². The quantitative estimate of drug-likeness (QED) is 0.460. The highest BCUT2D eigenvalue weighted by Gasteiger charge is 2.44. The average Bonchev–Trinajstić information content (AvgIpc) is 2.75. The fourth-order valence-electron chi connectivity index (χ4n) is 1.42. The van der Waals surface area contributed by atoms with Crippen LogP contribution in [0.15, 0.2) is 11.6 Å². The number of hydrogen-bond donors (Lipinski definition) is 1. The van der Waals surface area contributed by atoms with Crippen molar-refractivity contribution < 1.29 is 19.4 Å². The van der Waals surface area contributed by atoms with Crippen molar-refractivity contribution in [3.05, 3.63) is 11.6 Å². The number of cyclic esters (lactones) is 1. The summed E-state index contributed by atoms with van der Waals surface area (Å²) in [7, 11) is 0. The summed E-state index contributed by atoms with van der Waals surface area (Å²) < 4.78 is 10.1. The molecule has 2 rings (SSSR count). The molecule has 0 bridgehead atoms. The topological polar surface area (TPSA) is 59.1 Å². The maximum atomic E-state index is 11.3. The first-order valence-corrected chi connectivity index (χ1v) is 4.36. The lowest BCUT2D eigenvalue weighted by atomic mass is 10.0. The molecule has 0 unspecified atom stereocenters. The predicted molar refractivity (Wildman–Crippen MR) is 44.0 cm³/mol. The van der Waals surface area contributed by atoms with E-state index in [0.29, 0.717) is 5.57 Å². The Kier molecular flexibility index (Phi) is 1.89. The smallest absolute Gasteiger partial charge is 0.336 e. The van der Waals surface area contributed by atoms with Crippen LogP contribution in [0.3, 0.4) is 0 Å². The third-order valence-corrected chi connectivity index (χ3v) is 2.38. The highest BCUT2D eigenvalue weighted by atomic mass is 16.6. The summed E-state index contributed by atoms with van der Waals surface area (Å²) in [5.41, 5.74) is 0.457.